The zero-order valence-electron chi connectivity index (χ0n) is 15.2. The summed E-state index contributed by atoms with van der Waals surface area (Å²) in [5.41, 5.74) is 0.696. The average Bonchev–Trinajstić information content (AvgIpc) is 2.68. The van der Waals surface area contributed by atoms with E-state index in [9.17, 15) is 14.0 Å². The molecule has 140 valence electrons. The lowest BCUT2D eigenvalue weighted by Gasteiger charge is -2.41. The molecule has 5 nitrogen and oxygen atoms in total. The summed E-state index contributed by atoms with van der Waals surface area (Å²) >= 11 is 0. The van der Waals surface area contributed by atoms with Crippen LogP contribution in [0.5, 0.6) is 0 Å². The lowest BCUT2D eigenvalue weighted by Crippen LogP contribution is -2.58. The number of nitrogens with zero attached hydrogens (tertiary/aromatic N) is 2. The van der Waals surface area contributed by atoms with E-state index in [-0.39, 0.29) is 11.7 Å². The summed E-state index contributed by atoms with van der Waals surface area (Å²) in [6, 6.07) is 13.9. The Morgan fingerprint density at radius 3 is 2.44 bits per heavy atom. The van der Waals surface area contributed by atoms with E-state index in [1.54, 1.807) is 42.2 Å². The number of halogens is 1. The van der Waals surface area contributed by atoms with Crippen LogP contribution < -0.4 is 4.90 Å². The number of anilines is 1. The van der Waals surface area contributed by atoms with Crippen LogP contribution in [0.3, 0.4) is 0 Å². The van der Waals surface area contributed by atoms with Crippen molar-refractivity contribution < 1.29 is 18.7 Å². The lowest BCUT2D eigenvalue weighted by molar-refractivity contribution is -0.151. The van der Waals surface area contributed by atoms with Crippen molar-refractivity contribution in [3.05, 3.63) is 65.5 Å². The van der Waals surface area contributed by atoms with E-state index in [0.717, 1.165) is 5.56 Å². The molecule has 2 aromatic rings. The maximum absolute atomic E-state index is 14.0. The van der Waals surface area contributed by atoms with Gasteiger partial charge in [-0.15, -0.1) is 0 Å². The first-order valence-electron chi connectivity index (χ1n) is 9.08. The molecule has 4 rings (SSSR count). The number of piperazine rings is 1. The molecule has 2 aromatic carbocycles. The second-order valence-electron chi connectivity index (χ2n) is 7.18. The minimum atomic E-state index is -1.20. The smallest absolute Gasteiger partial charge is 0.339 e. The average molecular weight is 368 g/mol. The van der Waals surface area contributed by atoms with Gasteiger partial charge in [0.05, 0.1) is 11.3 Å². The van der Waals surface area contributed by atoms with Crippen molar-refractivity contribution in [3.63, 3.8) is 0 Å². The Labute approximate surface area is 157 Å². The first kappa shape index (κ1) is 17.5. The molecule has 2 heterocycles. The topological polar surface area (TPSA) is 49.9 Å². The monoisotopic (exact) mass is 368 g/mol. The van der Waals surface area contributed by atoms with Crippen LogP contribution in [0.2, 0.25) is 0 Å². The van der Waals surface area contributed by atoms with Crippen LogP contribution in [0.1, 0.15) is 22.8 Å². The van der Waals surface area contributed by atoms with E-state index in [1.165, 1.54) is 6.07 Å². The van der Waals surface area contributed by atoms with E-state index in [2.05, 4.69) is 0 Å². The Balaban J connectivity index is 1.47. The predicted octanol–water partition coefficient (Wildman–Crippen LogP) is 2.65. The number of carbonyl (C=O) groups is 2. The first-order valence-corrected chi connectivity index (χ1v) is 9.08. The van der Waals surface area contributed by atoms with Crippen molar-refractivity contribution in [2.75, 3.05) is 31.1 Å². The van der Waals surface area contributed by atoms with Crippen LogP contribution in [0.4, 0.5) is 10.1 Å². The number of rotatable bonds is 2. The van der Waals surface area contributed by atoms with E-state index in [1.807, 2.05) is 17.0 Å². The summed E-state index contributed by atoms with van der Waals surface area (Å²) < 4.78 is 19.5. The second kappa shape index (κ2) is 6.68. The van der Waals surface area contributed by atoms with Crippen molar-refractivity contribution in [1.82, 2.24) is 4.90 Å². The van der Waals surface area contributed by atoms with Crippen molar-refractivity contribution in [3.8, 4) is 0 Å². The van der Waals surface area contributed by atoms with E-state index in [4.69, 9.17) is 4.74 Å². The molecule has 1 fully saturated rings. The third-order valence-corrected chi connectivity index (χ3v) is 5.30. The van der Waals surface area contributed by atoms with Gasteiger partial charge in [-0.3, -0.25) is 4.79 Å². The summed E-state index contributed by atoms with van der Waals surface area (Å²) in [5, 5.41) is 0. The summed E-state index contributed by atoms with van der Waals surface area (Å²) in [7, 11) is 0. The van der Waals surface area contributed by atoms with Gasteiger partial charge in [-0.05, 0) is 30.7 Å². The predicted molar refractivity (Wildman–Crippen MR) is 99.2 cm³/mol. The highest BCUT2D eigenvalue weighted by molar-refractivity contribution is 5.97. The highest BCUT2D eigenvalue weighted by atomic mass is 19.1. The number of benzene rings is 2. The fraction of sp³-hybridized carbons (Fsp3) is 0.333. The normalized spacial score (nSPS) is 22.2. The van der Waals surface area contributed by atoms with Gasteiger partial charge in [0.2, 0.25) is 0 Å². The van der Waals surface area contributed by atoms with Gasteiger partial charge < -0.3 is 14.5 Å². The molecule has 0 aromatic heterocycles. The van der Waals surface area contributed by atoms with Crippen molar-refractivity contribution in [2.45, 2.75) is 18.9 Å². The Morgan fingerprint density at radius 1 is 1.04 bits per heavy atom. The van der Waals surface area contributed by atoms with Crippen molar-refractivity contribution >= 4 is 17.6 Å². The van der Waals surface area contributed by atoms with Crippen LogP contribution in [0.15, 0.2) is 48.5 Å². The van der Waals surface area contributed by atoms with Crippen LogP contribution in [0.25, 0.3) is 0 Å². The number of hydrogen-bond acceptors (Lipinski definition) is 4. The summed E-state index contributed by atoms with van der Waals surface area (Å²) in [4.78, 5) is 29.1. The number of fused-ring (bicyclic) bond motifs is 1. The molecule has 0 radical (unpaired) electrons. The minimum Gasteiger partial charge on any atom is -0.445 e. The number of ether oxygens (including phenoxy) is 1. The molecule has 27 heavy (non-hydrogen) atoms. The fourth-order valence-electron chi connectivity index (χ4n) is 3.85. The van der Waals surface area contributed by atoms with Crippen LogP contribution in [-0.2, 0) is 16.0 Å². The van der Waals surface area contributed by atoms with Gasteiger partial charge in [0.15, 0.2) is 5.60 Å². The molecule has 0 saturated carbocycles. The number of carbonyl (C=O) groups excluding carboxylic acids is 2. The standard InChI is InChI=1S/C21H21FN2O3/c1-21(14-15-6-2-3-7-16(15)19(25)27-21)20(26)24-12-10-23(11-13-24)18-9-5-4-8-17(18)22/h2-9H,10-14H2,1H3. The molecule has 1 amide bonds. The number of amides is 1. The molecule has 0 bridgehead atoms. The summed E-state index contributed by atoms with van der Waals surface area (Å²) in [5.74, 6) is -0.918. The van der Waals surface area contributed by atoms with Crippen LogP contribution >= 0.6 is 0 Å². The third-order valence-electron chi connectivity index (χ3n) is 5.30. The van der Waals surface area contributed by atoms with Crippen molar-refractivity contribution in [2.24, 2.45) is 0 Å². The number of hydrogen-bond donors (Lipinski definition) is 0. The van der Waals surface area contributed by atoms with Crippen LogP contribution in [0, 0.1) is 5.82 Å². The highest BCUT2D eigenvalue weighted by Gasteiger charge is 2.45. The van der Waals surface area contributed by atoms with Gasteiger partial charge >= 0.3 is 5.97 Å². The van der Waals surface area contributed by atoms with Gasteiger partial charge in [-0.2, -0.15) is 0 Å². The molecular weight excluding hydrogens is 347 g/mol. The van der Waals surface area contributed by atoms with E-state index < -0.39 is 11.6 Å². The van der Waals surface area contributed by atoms with Gasteiger partial charge in [0.25, 0.3) is 5.91 Å². The molecule has 2 aliphatic heterocycles. The second-order valence-corrected chi connectivity index (χ2v) is 7.18. The van der Waals surface area contributed by atoms with Crippen LogP contribution in [-0.4, -0.2) is 48.6 Å². The number of para-hydroxylation sites is 1. The molecule has 6 heteroatoms. The lowest BCUT2D eigenvalue weighted by atomic mass is 9.88. The Kier molecular flexibility index (Phi) is 4.34. The number of cyclic esters (lactones) is 1. The Morgan fingerprint density at radius 2 is 1.70 bits per heavy atom. The maximum Gasteiger partial charge on any atom is 0.339 e. The van der Waals surface area contributed by atoms with Gasteiger partial charge in [0.1, 0.15) is 5.82 Å². The van der Waals surface area contributed by atoms with Crippen molar-refractivity contribution in [1.29, 1.82) is 0 Å². The first-order chi connectivity index (χ1) is 13.0. The van der Waals surface area contributed by atoms with Gasteiger partial charge in [-0.25, -0.2) is 9.18 Å². The van der Waals surface area contributed by atoms with E-state index >= 15 is 0 Å². The molecule has 1 atom stereocenters. The fourth-order valence-corrected chi connectivity index (χ4v) is 3.85. The molecule has 2 aliphatic rings. The third kappa shape index (κ3) is 3.16. The zero-order valence-corrected chi connectivity index (χ0v) is 15.2. The van der Waals surface area contributed by atoms with E-state index in [0.29, 0.717) is 43.9 Å². The minimum absolute atomic E-state index is 0.196. The summed E-state index contributed by atoms with van der Waals surface area (Å²) in [6.45, 7) is 3.66. The molecule has 1 saturated heterocycles. The largest absolute Gasteiger partial charge is 0.445 e. The quantitative estimate of drug-likeness (QED) is 0.765. The zero-order chi connectivity index (χ0) is 19.0. The Hall–Kier alpha value is -2.89. The highest BCUT2D eigenvalue weighted by Crippen LogP contribution is 2.30. The molecular formula is C21H21FN2O3. The van der Waals surface area contributed by atoms with Gasteiger partial charge in [0, 0.05) is 32.6 Å². The maximum atomic E-state index is 14.0. The molecule has 0 N–H and O–H groups in total. The molecule has 0 spiro atoms. The Bertz CT molecular complexity index is 893. The SMILES string of the molecule is CC1(C(=O)N2CCN(c3ccccc3F)CC2)Cc2ccccc2C(=O)O1. The molecule has 0 aliphatic carbocycles. The summed E-state index contributed by atoms with van der Waals surface area (Å²) in [6.07, 6.45) is 0.362. The number of esters is 1. The molecule has 1 unspecified atom stereocenters. The van der Waals surface area contributed by atoms with Gasteiger partial charge in [-0.1, -0.05) is 30.3 Å².